The third-order valence-electron chi connectivity index (χ3n) is 5.04. The predicted octanol–water partition coefficient (Wildman–Crippen LogP) is 4.38. The van der Waals surface area contributed by atoms with Crippen LogP contribution in [0.15, 0.2) is 42.5 Å². The van der Waals surface area contributed by atoms with Gasteiger partial charge < -0.3 is 9.84 Å². The Labute approximate surface area is 149 Å². The van der Waals surface area contributed by atoms with Gasteiger partial charge in [0.15, 0.2) is 0 Å². The van der Waals surface area contributed by atoms with Crippen LogP contribution in [0.1, 0.15) is 30.4 Å². The molecule has 2 aromatic rings. The van der Waals surface area contributed by atoms with Crippen LogP contribution in [0.4, 0.5) is 4.39 Å². The Bertz CT molecular complexity index is 704. The maximum atomic E-state index is 13.8. The molecule has 1 aliphatic rings. The molecule has 0 spiro atoms. The lowest BCUT2D eigenvalue weighted by Gasteiger charge is -2.33. The first-order chi connectivity index (χ1) is 12.2. The van der Waals surface area contributed by atoms with Gasteiger partial charge >= 0.3 is 0 Å². The standard InChI is InChI=1S/C21H26FNO2/c1-25-21-11-10-19(24)13-18(21)15-23-12-4-5-16(14-23)8-9-17-6-2-3-7-20(17)22/h2-3,6-7,10-11,13,16,24H,4-5,8-9,12,14-15H2,1H3. The molecule has 1 unspecified atom stereocenters. The van der Waals surface area contributed by atoms with Crippen molar-refractivity contribution in [2.24, 2.45) is 5.92 Å². The summed E-state index contributed by atoms with van der Waals surface area (Å²) in [5, 5.41) is 9.74. The fourth-order valence-corrected chi connectivity index (χ4v) is 3.72. The van der Waals surface area contributed by atoms with Gasteiger partial charge in [0.25, 0.3) is 0 Å². The molecule has 25 heavy (non-hydrogen) atoms. The van der Waals surface area contributed by atoms with E-state index in [0.717, 1.165) is 55.8 Å². The SMILES string of the molecule is COc1ccc(O)cc1CN1CCCC(CCc2ccccc2F)C1. The third-order valence-corrected chi connectivity index (χ3v) is 5.04. The topological polar surface area (TPSA) is 32.7 Å². The summed E-state index contributed by atoms with van der Waals surface area (Å²) in [6, 6.07) is 12.3. The molecule has 2 aromatic carbocycles. The number of hydrogen-bond donors (Lipinski definition) is 1. The van der Waals surface area contributed by atoms with E-state index in [4.69, 9.17) is 4.74 Å². The highest BCUT2D eigenvalue weighted by molar-refractivity contribution is 5.39. The number of rotatable bonds is 6. The summed E-state index contributed by atoms with van der Waals surface area (Å²) in [7, 11) is 1.66. The first kappa shape index (κ1) is 17.7. The van der Waals surface area contributed by atoms with Crippen LogP contribution in [0.25, 0.3) is 0 Å². The maximum absolute atomic E-state index is 13.8. The van der Waals surface area contributed by atoms with Crippen LogP contribution < -0.4 is 4.74 Å². The van der Waals surface area contributed by atoms with E-state index in [1.807, 2.05) is 18.2 Å². The number of nitrogens with zero attached hydrogens (tertiary/aromatic N) is 1. The minimum Gasteiger partial charge on any atom is -0.508 e. The average Bonchev–Trinajstić information content (AvgIpc) is 2.62. The Morgan fingerprint density at radius 2 is 2.04 bits per heavy atom. The number of benzene rings is 2. The Balaban J connectivity index is 1.58. The van der Waals surface area contributed by atoms with Crippen molar-refractivity contribution >= 4 is 0 Å². The van der Waals surface area contributed by atoms with Crippen LogP contribution in [0.3, 0.4) is 0 Å². The molecule has 0 radical (unpaired) electrons. The maximum Gasteiger partial charge on any atom is 0.126 e. The smallest absolute Gasteiger partial charge is 0.126 e. The van der Waals surface area contributed by atoms with Crippen LogP contribution in [0, 0.1) is 11.7 Å². The Morgan fingerprint density at radius 3 is 2.84 bits per heavy atom. The van der Waals surface area contributed by atoms with Crippen molar-refractivity contribution in [3.63, 3.8) is 0 Å². The van der Waals surface area contributed by atoms with E-state index < -0.39 is 0 Å². The van der Waals surface area contributed by atoms with Crippen LogP contribution >= 0.6 is 0 Å². The zero-order valence-corrected chi connectivity index (χ0v) is 14.7. The van der Waals surface area contributed by atoms with Crippen LogP contribution in [-0.4, -0.2) is 30.2 Å². The van der Waals surface area contributed by atoms with Crippen molar-refractivity contribution in [1.29, 1.82) is 0 Å². The molecule has 0 aliphatic carbocycles. The van der Waals surface area contributed by atoms with Crippen molar-refractivity contribution in [2.45, 2.75) is 32.2 Å². The highest BCUT2D eigenvalue weighted by atomic mass is 19.1. The van der Waals surface area contributed by atoms with Crippen molar-refractivity contribution in [2.75, 3.05) is 20.2 Å². The normalized spacial score (nSPS) is 18.2. The number of hydrogen-bond acceptors (Lipinski definition) is 3. The Kier molecular flexibility index (Phi) is 5.92. The lowest BCUT2D eigenvalue weighted by Crippen LogP contribution is -2.35. The number of ether oxygens (including phenoxy) is 1. The van der Waals surface area contributed by atoms with E-state index in [0.29, 0.717) is 5.92 Å². The quantitative estimate of drug-likeness (QED) is 0.845. The molecule has 1 heterocycles. The number of phenolic OH excluding ortho intramolecular Hbond substituents is 1. The molecule has 1 saturated heterocycles. The molecule has 134 valence electrons. The van der Waals surface area contributed by atoms with Gasteiger partial charge in [-0.1, -0.05) is 18.2 Å². The molecule has 0 aromatic heterocycles. The van der Waals surface area contributed by atoms with E-state index in [2.05, 4.69) is 4.90 Å². The van der Waals surface area contributed by atoms with Crippen molar-refractivity contribution in [1.82, 2.24) is 4.90 Å². The summed E-state index contributed by atoms with van der Waals surface area (Å²) >= 11 is 0. The van der Waals surface area contributed by atoms with Crippen molar-refractivity contribution in [3.05, 3.63) is 59.4 Å². The fourth-order valence-electron chi connectivity index (χ4n) is 3.72. The number of halogens is 1. The van der Waals surface area contributed by atoms with Gasteiger partial charge in [-0.3, -0.25) is 4.90 Å². The molecule has 1 fully saturated rings. The minimum absolute atomic E-state index is 0.0975. The zero-order valence-electron chi connectivity index (χ0n) is 14.7. The Morgan fingerprint density at radius 1 is 1.20 bits per heavy atom. The van der Waals surface area contributed by atoms with Gasteiger partial charge in [0.1, 0.15) is 17.3 Å². The van der Waals surface area contributed by atoms with E-state index in [9.17, 15) is 9.50 Å². The summed E-state index contributed by atoms with van der Waals surface area (Å²) in [6.07, 6.45) is 4.15. The summed E-state index contributed by atoms with van der Waals surface area (Å²) in [6.45, 7) is 2.83. The van der Waals surface area contributed by atoms with Crippen molar-refractivity contribution in [3.8, 4) is 11.5 Å². The van der Waals surface area contributed by atoms with Crippen LogP contribution in [0.5, 0.6) is 11.5 Å². The molecular formula is C21H26FNO2. The molecule has 0 bridgehead atoms. The lowest BCUT2D eigenvalue weighted by atomic mass is 9.91. The summed E-state index contributed by atoms with van der Waals surface area (Å²) in [5.41, 5.74) is 1.83. The van der Waals surface area contributed by atoms with E-state index in [-0.39, 0.29) is 11.6 Å². The second-order valence-corrected chi connectivity index (χ2v) is 6.87. The lowest BCUT2D eigenvalue weighted by molar-refractivity contribution is 0.160. The summed E-state index contributed by atoms with van der Waals surface area (Å²) < 4.78 is 19.2. The van der Waals surface area contributed by atoms with Gasteiger partial charge in [0.2, 0.25) is 0 Å². The number of methoxy groups -OCH3 is 1. The second-order valence-electron chi connectivity index (χ2n) is 6.87. The van der Waals surface area contributed by atoms with Crippen LogP contribution in [-0.2, 0) is 13.0 Å². The average molecular weight is 343 g/mol. The molecule has 1 N–H and O–H groups in total. The van der Waals surface area contributed by atoms with E-state index in [1.54, 1.807) is 25.3 Å². The predicted molar refractivity (Wildman–Crippen MR) is 97.4 cm³/mol. The monoisotopic (exact) mass is 343 g/mol. The first-order valence-electron chi connectivity index (χ1n) is 8.97. The van der Waals surface area contributed by atoms with Gasteiger partial charge in [-0.15, -0.1) is 0 Å². The molecule has 3 rings (SSSR count). The number of phenols is 1. The number of likely N-dealkylation sites (tertiary alicyclic amines) is 1. The molecule has 4 heteroatoms. The van der Waals surface area contributed by atoms with Gasteiger partial charge in [-0.2, -0.15) is 0 Å². The van der Waals surface area contributed by atoms with Crippen molar-refractivity contribution < 1.29 is 14.2 Å². The first-order valence-corrected chi connectivity index (χ1v) is 8.97. The fraction of sp³-hybridized carbons (Fsp3) is 0.429. The molecule has 1 atom stereocenters. The highest BCUT2D eigenvalue weighted by Gasteiger charge is 2.21. The molecule has 0 amide bonds. The number of aromatic hydroxyl groups is 1. The number of piperidine rings is 1. The minimum atomic E-state index is -0.0975. The van der Waals surface area contributed by atoms with Crippen LogP contribution in [0.2, 0.25) is 0 Å². The third kappa shape index (κ3) is 4.73. The summed E-state index contributed by atoms with van der Waals surface area (Å²) in [5.74, 6) is 1.56. The van der Waals surface area contributed by atoms with E-state index >= 15 is 0 Å². The number of aryl methyl sites for hydroxylation is 1. The van der Waals surface area contributed by atoms with Gasteiger partial charge in [-0.25, -0.2) is 4.39 Å². The largest absolute Gasteiger partial charge is 0.508 e. The summed E-state index contributed by atoms with van der Waals surface area (Å²) in [4.78, 5) is 2.41. The van der Waals surface area contributed by atoms with Gasteiger partial charge in [0.05, 0.1) is 7.11 Å². The Hall–Kier alpha value is -2.07. The van der Waals surface area contributed by atoms with Gasteiger partial charge in [-0.05, 0) is 68.0 Å². The molecule has 1 aliphatic heterocycles. The van der Waals surface area contributed by atoms with E-state index in [1.165, 1.54) is 12.5 Å². The second kappa shape index (κ2) is 8.34. The molecular weight excluding hydrogens is 317 g/mol. The highest BCUT2D eigenvalue weighted by Crippen LogP contribution is 2.28. The molecule has 3 nitrogen and oxygen atoms in total. The molecule has 0 saturated carbocycles. The van der Waals surface area contributed by atoms with Gasteiger partial charge in [0, 0.05) is 18.7 Å². The zero-order chi connectivity index (χ0) is 17.6.